The average Bonchev–Trinajstić information content (AvgIpc) is 3.51. The molecule has 0 aliphatic heterocycles. The summed E-state index contributed by atoms with van der Waals surface area (Å²) in [6, 6.07) is 11.3. The van der Waals surface area contributed by atoms with Gasteiger partial charge in [-0.3, -0.25) is 4.98 Å². The van der Waals surface area contributed by atoms with Crippen molar-refractivity contribution in [2.45, 2.75) is 44.1 Å². The Morgan fingerprint density at radius 1 is 1.07 bits per heavy atom. The number of pyridine rings is 2. The molecule has 14 heteroatoms. The summed E-state index contributed by atoms with van der Waals surface area (Å²) in [6.45, 7) is 6.23. The zero-order chi connectivity index (χ0) is 30.4. The van der Waals surface area contributed by atoms with Gasteiger partial charge in [-0.25, -0.2) is 27.9 Å². The van der Waals surface area contributed by atoms with Gasteiger partial charge in [-0.1, -0.05) is 31.2 Å². The second kappa shape index (κ2) is 10.8. The predicted octanol–water partition coefficient (Wildman–Crippen LogP) is 6.42. The molecule has 218 valence electrons. The lowest BCUT2D eigenvalue weighted by Gasteiger charge is -2.11. The summed E-state index contributed by atoms with van der Waals surface area (Å²) in [5.74, 6) is 0.828. The fourth-order valence-corrected chi connectivity index (χ4v) is 7.28. The van der Waals surface area contributed by atoms with Gasteiger partial charge in [0.15, 0.2) is 5.65 Å². The Morgan fingerprint density at radius 2 is 1.81 bits per heavy atom. The maximum atomic E-state index is 13.7. The van der Waals surface area contributed by atoms with Crippen LogP contribution in [0.5, 0.6) is 0 Å². The van der Waals surface area contributed by atoms with E-state index in [1.54, 1.807) is 12.1 Å². The number of aromatic nitrogens is 4. The smallest absolute Gasteiger partial charge is 0.418 e. The van der Waals surface area contributed by atoms with Crippen molar-refractivity contribution in [1.29, 1.82) is 0 Å². The highest BCUT2D eigenvalue weighted by Crippen LogP contribution is 2.44. The van der Waals surface area contributed by atoms with Crippen molar-refractivity contribution in [2.24, 2.45) is 0 Å². The Labute approximate surface area is 242 Å². The molecule has 5 rings (SSSR count). The fourth-order valence-electron chi connectivity index (χ4n) is 4.74. The zero-order valence-electron chi connectivity index (χ0n) is 22.5. The van der Waals surface area contributed by atoms with E-state index < -0.39 is 32.1 Å². The quantitative estimate of drug-likeness (QED) is 0.216. The van der Waals surface area contributed by atoms with Crippen LogP contribution in [0.2, 0.25) is 0 Å². The van der Waals surface area contributed by atoms with Crippen LogP contribution in [0.15, 0.2) is 58.9 Å². The van der Waals surface area contributed by atoms with Gasteiger partial charge in [-0.05, 0) is 49.2 Å². The van der Waals surface area contributed by atoms with Gasteiger partial charge < -0.3 is 9.67 Å². The van der Waals surface area contributed by atoms with Crippen LogP contribution >= 0.6 is 11.3 Å². The lowest BCUT2D eigenvalue weighted by molar-refractivity contribution is -0.137. The van der Waals surface area contributed by atoms with Crippen molar-refractivity contribution < 1.29 is 31.5 Å². The minimum absolute atomic E-state index is 0.0103. The molecule has 0 atom stereocenters. The van der Waals surface area contributed by atoms with E-state index in [2.05, 4.69) is 9.97 Å². The van der Waals surface area contributed by atoms with Crippen LogP contribution in [0.1, 0.15) is 35.1 Å². The van der Waals surface area contributed by atoms with E-state index in [1.165, 1.54) is 35.2 Å². The number of hydrogen-bond donors (Lipinski definition) is 2. The van der Waals surface area contributed by atoms with E-state index >= 15 is 0 Å². The number of rotatable bonds is 7. The van der Waals surface area contributed by atoms with Gasteiger partial charge in [-0.2, -0.15) is 13.2 Å². The number of carbonyl (C=O) groups is 1. The Balaban J connectivity index is 1.59. The lowest BCUT2D eigenvalue weighted by atomic mass is 10.0. The van der Waals surface area contributed by atoms with Crippen LogP contribution in [-0.2, 0) is 29.2 Å². The van der Waals surface area contributed by atoms with E-state index in [1.807, 2.05) is 31.4 Å². The Bertz CT molecular complexity index is 1930. The summed E-state index contributed by atoms with van der Waals surface area (Å²) in [5.41, 5.74) is 3.07. The van der Waals surface area contributed by atoms with Crippen molar-refractivity contribution in [2.75, 3.05) is 0 Å². The first-order chi connectivity index (χ1) is 19.8. The van der Waals surface area contributed by atoms with Gasteiger partial charge in [-0.15, -0.1) is 11.3 Å². The summed E-state index contributed by atoms with van der Waals surface area (Å²) >= 11 is 0.529. The van der Waals surface area contributed by atoms with Crippen LogP contribution in [0.25, 0.3) is 32.9 Å². The molecule has 0 saturated heterocycles. The van der Waals surface area contributed by atoms with Gasteiger partial charge in [0.05, 0.1) is 17.8 Å². The molecule has 5 aromatic rings. The fraction of sp³-hybridized carbons (Fsp3) is 0.214. The molecule has 0 unspecified atom stereocenters. The minimum atomic E-state index is -4.69. The maximum absolute atomic E-state index is 13.7. The highest BCUT2D eigenvalue weighted by molar-refractivity contribution is 7.92. The first kappa shape index (κ1) is 29.2. The lowest BCUT2D eigenvalue weighted by Crippen LogP contribution is -2.28. The number of hydrogen-bond acceptors (Lipinski definition) is 7. The molecule has 1 aromatic carbocycles. The summed E-state index contributed by atoms with van der Waals surface area (Å²) in [4.78, 5) is 25.0. The number of amides is 1. The first-order valence-corrected chi connectivity index (χ1v) is 14.9. The third-order valence-corrected chi connectivity index (χ3v) is 9.54. The summed E-state index contributed by atoms with van der Waals surface area (Å²) in [5, 5.41) is 9.09. The van der Waals surface area contributed by atoms with E-state index in [0.717, 1.165) is 39.9 Å². The predicted molar refractivity (Wildman–Crippen MR) is 152 cm³/mol. The number of halogens is 3. The molecule has 9 nitrogen and oxygen atoms in total. The maximum Gasteiger partial charge on any atom is 0.418 e. The molecular formula is C28H24F3N5O4S2. The number of nitrogens with one attached hydrogen (secondary N) is 1. The van der Waals surface area contributed by atoms with Crippen molar-refractivity contribution in [3.63, 3.8) is 0 Å². The number of benzene rings is 1. The van der Waals surface area contributed by atoms with Gasteiger partial charge >= 0.3 is 12.3 Å². The van der Waals surface area contributed by atoms with Crippen LogP contribution in [0.4, 0.5) is 18.0 Å². The molecular weight excluding hydrogens is 591 g/mol. The Hall–Kier alpha value is -4.30. The van der Waals surface area contributed by atoms with Crippen molar-refractivity contribution in [3.8, 4) is 21.7 Å². The molecule has 0 radical (unpaired) electrons. The largest absolute Gasteiger partial charge is 0.464 e. The molecule has 0 spiro atoms. The third-order valence-electron chi connectivity index (χ3n) is 6.52. The molecule has 0 aliphatic carbocycles. The summed E-state index contributed by atoms with van der Waals surface area (Å²) in [7, 11) is -4.64. The zero-order valence-corrected chi connectivity index (χ0v) is 24.2. The van der Waals surface area contributed by atoms with E-state index in [4.69, 9.17) is 10.1 Å². The minimum Gasteiger partial charge on any atom is -0.464 e. The molecule has 42 heavy (non-hydrogen) atoms. The number of fused-ring (bicyclic) bond motifs is 1. The van der Waals surface area contributed by atoms with Crippen LogP contribution < -0.4 is 4.72 Å². The second-order valence-corrected chi connectivity index (χ2v) is 12.5. The van der Waals surface area contributed by atoms with Crippen LogP contribution in [-0.4, -0.2) is 39.1 Å². The summed E-state index contributed by atoms with van der Waals surface area (Å²) in [6.07, 6.45) is -4.33. The van der Waals surface area contributed by atoms with Crippen molar-refractivity contribution >= 4 is 38.6 Å². The molecule has 0 saturated carbocycles. The van der Waals surface area contributed by atoms with Gasteiger partial charge in [0.2, 0.25) is 0 Å². The highest BCUT2D eigenvalue weighted by Gasteiger charge is 2.35. The number of sulfonamides is 1. The number of imidazole rings is 1. The molecule has 0 bridgehead atoms. The highest BCUT2D eigenvalue weighted by atomic mass is 32.2. The molecule has 1 amide bonds. The van der Waals surface area contributed by atoms with E-state index in [9.17, 15) is 26.4 Å². The Morgan fingerprint density at radius 3 is 2.45 bits per heavy atom. The number of nitrogens with zero attached hydrogens (tertiary/aromatic N) is 4. The number of thiophene rings is 1. The first-order valence-electron chi connectivity index (χ1n) is 12.6. The van der Waals surface area contributed by atoms with Crippen molar-refractivity contribution in [1.82, 2.24) is 24.2 Å². The topological polar surface area (TPSA) is 127 Å². The monoisotopic (exact) mass is 615 g/mol. The summed E-state index contributed by atoms with van der Waals surface area (Å²) < 4.78 is 70.1. The van der Waals surface area contributed by atoms with E-state index in [0.29, 0.717) is 24.3 Å². The second-order valence-electron chi connectivity index (χ2n) is 9.54. The number of alkyl halides is 3. The SMILES string of the molecule is CCc1nc2c(C)cc(C)nc2n1Cc1ccc(-c2cc(-c3ccccc3C(F)(F)F)sc2S(=O)(=O)NC(=O)O)nc1. The Kier molecular flexibility index (Phi) is 7.53. The molecule has 0 fully saturated rings. The number of carboxylic acid groups (broad SMARTS) is 1. The normalized spacial score (nSPS) is 12.1. The van der Waals surface area contributed by atoms with Gasteiger partial charge in [0, 0.05) is 34.3 Å². The van der Waals surface area contributed by atoms with Crippen molar-refractivity contribution in [3.05, 3.63) is 82.9 Å². The van der Waals surface area contributed by atoms with Crippen LogP contribution in [0, 0.1) is 13.8 Å². The standard InChI is InChI=1S/C28H24F3N5O4S2/c1-4-23-34-24-15(2)11-16(3)33-25(24)36(23)14-17-9-10-21(32-13-17)19-12-22(41-26(19)42(39,40)35-27(37)38)18-7-5-6-8-20(18)28(29,30)31/h5-13,35H,4,14H2,1-3H3,(H,37,38). The van der Waals surface area contributed by atoms with E-state index in [-0.39, 0.29) is 21.7 Å². The molecule has 4 heterocycles. The third kappa shape index (κ3) is 5.59. The van der Waals surface area contributed by atoms with Gasteiger partial charge in [0.25, 0.3) is 10.0 Å². The molecule has 4 aromatic heterocycles. The van der Waals surface area contributed by atoms with Crippen LogP contribution in [0.3, 0.4) is 0 Å². The van der Waals surface area contributed by atoms with Gasteiger partial charge in [0.1, 0.15) is 15.6 Å². The average molecular weight is 616 g/mol. The molecule has 2 N–H and O–H groups in total. The number of aryl methyl sites for hydroxylation is 3. The molecule has 0 aliphatic rings.